The van der Waals surface area contributed by atoms with Crippen molar-refractivity contribution in [3.8, 4) is 0 Å². The van der Waals surface area contributed by atoms with Gasteiger partial charge in [0.2, 0.25) is 11.8 Å². The molecule has 0 heterocycles. The predicted octanol–water partition coefficient (Wildman–Crippen LogP) is 7.36. The second-order valence-electron chi connectivity index (χ2n) is 11.5. The first-order valence-electron chi connectivity index (χ1n) is 15.1. The quantitative estimate of drug-likeness (QED) is 0.160. The number of hydrogen-bond acceptors (Lipinski definition) is 4. The largest absolute Gasteiger partial charge is 0.352 e. The Labute approximate surface area is 282 Å². The van der Waals surface area contributed by atoms with Crippen LogP contribution in [0.3, 0.4) is 0 Å². The monoisotopic (exact) mass is 679 g/mol. The van der Waals surface area contributed by atoms with Gasteiger partial charge in [-0.15, -0.1) is 0 Å². The van der Waals surface area contributed by atoms with E-state index in [0.717, 1.165) is 26.6 Å². The molecule has 0 radical (unpaired) electrons. The number of halogens is 2. The summed E-state index contributed by atoms with van der Waals surface area (Å²) in [5, 5.41) is 3.47. The number of carbonyl (C=O) groups is 2. The van der Waals surface area contributed by atoms with E-state index in [2.05, 4.69) is 5.32 Å². The minimum atomic E-state index is -4.27. The fourth-order valence-corrected chi connectivity index (χ4v) is 6.96. The van der Waals surface area contributed by atoms with Gasteiger partial charge in [-0.3, -0.25) is 13.9 Å². The number of hydrogen-bond donors (Lipinski definition) is 1. The van der Waals surface area contributed by atoms with E-state index in [0.29, 0.717) is 6.42 Å². The number of nitrogens with one attached hydrogen (secondary N) is 1. The van der Waals surface area contributed by atoms with Gasteiger partial charge in [0.05, 0.1) is 10.6 Å². The average molecular weight is 681 g/mol. The molecular formula is C36H39Cl2N3O4S. The van der Waals surface area contributed by atoms with Crippen molar-refractivity contribution in [2.75, 3.05) is 10.8 Å². The van der Waals surface area contributed by atoms with Gasteiger partial charge in [0.15, 0.2) is 0 Å². The van der Waals surface area contributed by atoms with Crippen LogP contribution in [0.25, 0.3) is 0 Å². The SMILES string of the molecule is CC[C@H](C)NC(=O)[C@@H](Cc1ccccc1)N(Cc1cccc(C)c1)C(=O)CN(c1cc(Cl)cc(Cl)c1)S(=O)(=O)c1ccc(C)cc1. The van der Waals surface area contributed by atoms with Crippen molar-refractivity contribution in [3.63, 3.8) is 0 Å². The van der Waals surface area contributed by atoms with E-state index >= 15 is 0 Å². The second kappa shape index (κ2) is 15.6. The Morgan fingerprint density at radius 3 is 2.04 bits per heavy atom. The first-order valence-corrected chi connectivity index (χ1v) is 17.3. The molecule has 0 aliphatic carbocycles. The molecule has 2 amide bonds. The molecule has 0 spiro atoms. The average Bonchev–Trinajstić information content (AvgIpc) is 3.01. The van der Waals surface area contributed by atoms with Gasteiger partial charge in [-0.1, -0.05) is 108 Å². The van der Waals surface area contributed by atoms with Gasteiger partial charge in [-0.2, -0.15) is 0 Å². The first-order chi connectivity index (χ1) is 21.9. The smallest absolute Gasteiger partial charge is 0.264 e. The second-order valence-corrected chi connectivity index (χ2v) is 14.2. The summed E-state index contributed by atoms with van der Waals surface area (Å²) in [5.41, 5.74) is 3.67. The Hall–Kier alpha value is -3.85. The molecule has 4 rings (SSSR count). The van der Waals surface area contributed by atoms with E-state index in [1.165, 1.54) is 35.2 Å². The van der Waals surface area contributed by atoms with Crippen molar-refractivity contribution in [1.82, 2.24) is 10.2 Å². The summed E-state index contributed by atoms with van der Waals surface area (Å²) in [7, 11) is -4.27. The van der Waals surface area contributed by atoms with Gasteiger partial charge in [0.1, 0.15) is 12.6 Å². The number of nitrogens with zero attached hydrogens (tertiary/aromatic N) is 2. The summed E-state index contributed by atoms with van der Waals surface area (Å²) >= 11 is 12.6. The van der Waals surface area contributed by atoms with Gasteiger partial charge in [0, 0.05) is 29.1 Å². The molecule has 0 aliphatic rings. The molecule has 0 saturated carbocycles. The lowest BCUT2D eigenvalue weighted by Gasteiger charge is -2.34. The highest BCUT2D eigenvalue weighted by Crippen LogP contribution is 2.30. The predicted molar refractivity (Wildman–Crippen MR) is 186 cm³/mol. The molecular weight excluding hydrogens is 641 g/mol. The molecule has 2 atom stereocenters. The van der Waals surface area contributed by atoms with Crippen molar-refractivity contribution >= 4 is 50.7 Å². The molecule has 4 aromatic carbocycles. The lowest BCUT2D eigenvalue weighted by Crippen LogP contribution is -2.54. The summed E-state index contributed by atoms with van der Waals surface area (Å²) in [6.45, 7) is 7.17. The van der Waals surface area contributed by atoms with Crippen molar-refractivity contribution in [3.05, 3.63) is 129 Å². The highest BCUT2D eigenvalue weighted by molar-refractivity contribution is 7.92. The Morgan fingerprint density at radius 1 is 0.804 bits per heavy atom. The van der Waals surface area contributed by atoms with Crippen molar-refractivity contribution in [1.29, 1.82) is 0 Å². The van der Waals surface area contributed by atoms with E-state index in [4.69, 9.17) is 23.2 Å². The van der Waals surface area contributed by atoms with Crippen molar-refractivity contribution < 1.29 is 18.0 Å². The minimum absolute atomic E-state index is 0.00239. The molecule has 1 N–H and O–H groups in total. The van der Waals surface area contributed by atoms with Gasteiger partial charge < -0.3 is 10.2 Å². The van der Waals surface area contributed by atoms with E-state index in [9.17, 15) is 18.0 Å². The Morgan fingerprint density at radius 2 is 1.43 bits per heavy atom. The van der Waals surface area contributed by atoms with Crippen molar-refractivity contribution in [2.45, 2.75) is 64.1 Å². The maximum Gasteiger partial charge on any atom is 0.264 e. The fourth-order valence-electron chi connectivity index (χ4n) is 5.05. The molecule has 7 nitrogen and oxygen atoms in total. The fraction of sp³-hybridized carbons (Fsp3) is 0.278. The van der Waals surface area contributed by atoms with Crippen LogP contribution in [0, 0.1) is 13.8 Å². The standard InChI is InChI=1S/C36H39Cl2N3O4S/c1-5-27(4)39-36(43)34(19-28-11-7-6-8-12-28)40(23-29-13-9-10-26(3)18-29)35(42)24-41(32-21-30(37)20-31(38)22-32)46(44,45)33-16-14-25(2)15-17-33/h6-18,20-22,27,34H,5,19,23-24H2,1-4H3,(H,39,43)/t27-,34+/m0/s1. The van der Waals surface area contributed by atoms with Crippen LogP contribution in [-0.2, 0) is 32.6 Å². The first kappa shape index (κ1) is 35.0. The van der Waals surface area contributed by atoms with Gasteiger partial charge in [0.25, 0.3) is 10.0 Å². The molecule has 0 unspecified atom stereocenters. The van der Waals surface area contributed by atoms with E-state index in [1.807, 2.05) is 82.3 Å². The Bertz CT molecular complexity index is 1750. The number of amides is 2. The Balaban J connectivity index is 1.83. The van der Waals surface area contributed by atoms with Crippen LogP contribution < -0.4 is 9.62 Å². The van der Waals surface area contributed by atoms with Crippen LogP contribution in [0.1, 0.15) is 42.5 Å². The number of rotatable bonds is 13. The van der Waals surface area contributed by atoms with Crippen LogP contribution >= 0.6 is 23.2 Å². The Kier molecular flexibility index (Phi) is 11.9. The zero-order valence-electron chi connectivity index (χ0n) is 26.4. The molecule has 10 heteroatoms. The topological polar surface area (TPSA) is 86.8 Å². The third-order valence-corrected chi connectivity index (χ3v) is 9.96. The van der Waals surface area contributed by atoms with E-state index in [-0.39, 0.29) is 45.5 Å². The van der Waals surface area contributed by atoms with Crippen molar-refractivity contribution in [2.24, 2.45) is 0 Å². The number of anilines is 1. The van der Waals surface area contributed by atoms with Gasteiger partial charge in [-0.25, -0.2) is 8.42 Å². The number of benzene rings is 4. The molecule has 0 fully saturated rings. The molecule has 46 heavy (non-hydrogen) atoms. The highest BCUT2D eigenvalue weighted by atomic mass is 35.5. The lowest BCUT2D eigenvalue weighted by molar-refractivity contribution is -0.140. The summed E-state index contributed by atoms with van der Waals surface area (Å²) in [4.78, 5) is 30.0. The zero-order valence-corrected chi connectivity index (χ0v) is 28.7. The van der Waals surface area contributed by atoms with Crippen LogP contribution in [0.4, 0.5) is 5.69 Å². The van der Waals surface area contributed by atoms with Crippen LogP contribution in [0.5, 0.6) is 0 Å². The summed E-state index contributed by atoms with van der Waals surface area (Å²) in [6.07, 6.45) is 0.933. The number of sulfonamides is 1. The maximum atomic E-state index is 14.6. The number of aryl methyl sites for hydroxylation is 2. The summed E-state index contributed by atoms with van der Waals surface area (Å²) < 4.78 is 29.4. The number of carbonyl (C=O) groups excluding carboxylic acids is 2. The lowest BCUT2D eigenvalue weighted by atomic mass is 10.0. The highest BCUT2D eigenvalue weighted by Gasteiger charge is 2.35. The summed E-state index contributed by atoms with van der Waals surface area (Å²) in [6, 6.07) is 26.8. The molecule has 4 aromatic rings. The van der Waals surface area contributed by atoms with Crippen LogP contribution in [0.2, 0.25) is 10.0 Å². The minimum Gasteiger partial charge on any atom is -0.352 e. The molecule has 0 bridgehead atoms. The third kappa shape index (κ3) is 9.12. The van der Waals surface area contributed by atoms with Gasteiger partial charge >= 0.3 is 0 Å². The normalized spacial score (nSPS) is 12.7. The zero-order chi connectivity index (χ0) is 33.4. The third-order valence-electron chi connectivity index (χ3n) is 7.73. The van der Waals surface area contributed by atoms with Crippen LogP contribution in [0.15, 0.2) is 102 Å². The molecule has 242 valence electrons. The summed E-state index contributed by atoms with van der Waals surface area (Å²) in [5.74, 6) is -0.883. The molecule has 0 saturated heterocycles. The molecule has 0 aliphatic heterocycles. The van der Waals surface area contributed by atoms with E-state index in [1.54, 1.807) is 12.1 Å². The van der Waals surface area contributed by atoms with Crippen LogP contribution in [-0.4, -0.2) is 43.8 Å². The van der Waals surface area contributed by atoms with E-state index < -0.39 is 28.5 Å². The molecule has 0 aromatic heterocycles. The van der Waals surface area contributed by atoms with Gasteiger partial charge in [-0.05, 0) is 68.7 Å². The maximum absolute atomic E-state index is 14.6.